The minimum Gasteiger partial charge on any atom is -0.871 e. The van der Waals surface area contributed by atoms with Crippen molar-refractivity contribution >= 4 is 7.32 Å². The van der Waals surface area contributed by atoms with Gasteiger partial charge < -0.3 is 23.7 Å². The van der Waals surface area contributed by atoms with E-state index in [4.69, 9.17) is 4.65 Å². The van der Waals surface area contributed by atoms with E-state index in [-0.39, 0.29) is 6.61 Å². The molecule has 0 aliphatic heterocycles. The van der Waals surface area contributed by atoms with Crippen molar-refractivity contribution in [2.24, 2.45) is 0 Å². The van der Waals surface area contributed by atoms with Crippen LogP contribution >= 0.6 is 0 Å². The molecule has 0 fully saturated rings. The van der Waals surface area contributed by atoms with E-state index in [1.165, 1.54) is 50.1 Å². The zero-order chi connectivity index (χ0) is 40.6. The van der Waals surface area contributed by atoms with Crippen LogP contribution in [0.25, 0.3) is 33.4 Å². The molecule has 6 aromatic rings. The summed E-state index contributed by atoms with van der Waals surface area (Å²) in [6, 6.07) is 58.4. The van der Waals surface area contributed by atoms with E-state index in [2.05, 4.69) is 220 Å². The van der Waals surface area contributed by atoms with Crippen molar-refractivity contribution in [2.45, 2.75) is 31.1 Å². The van der Waals surface area contributed by atoms with Crippen LogP contribution in [0.1, 0.15) is 42.4 Å². The molecular formula is C50H61BN2O3. The molecule has 0 N–H and O–H groups in total. The maximum absolute atomic E-state index is 11.0. The Kier molecular flexibility index (Phi) is 16.4. The smallest absolute Gasteiger partial charge is 0.0675 e. The third kappa shape index (κ3) is 13.4. The monoisotopic (exact) mass is 748 g/mol. The molecule has 0 spiro atoms. The third-order valence-electron chi connectivity index (χ3n) is 8.86. The molecule has 6 heteroatoms. The number of unbranched alkanes of at least 4 members (excludes halogenated alkanes) is 2. The van der Waals surface area contributed by atoms with Crippen LogP contribution in [-0.2, 0) is 10.1 Å². The molecule has 0 aliphatic rings. The van der Waals surface area contributed by atoms with Gasteiger partial charge in [0, 0.05) is 12.0 Å². The van der Waals surface area contributed by atoms with Gasteiger partial charge in [0.25, 0.3) is 0 Å². The molecule has 0 heterocycles. The predicted octanol–water partition coefficient (Wildman–Crippen LogP) is 8.95. The molecule has 0 aliphatic carbocycles. The van der Waals surface area contributed by atoms with Crippen LogP contribution in [0.3, 0.4) is 0 Å². The Hall–Kier alpha value is -4.82. The Labute approximate surface area is 337 Å². The van der Waals surface area contributed by atoms with Crippen molar-refractivity contribution < 1.29 is 23.7 Å². The summed E-state index contributed by atoms with van der Waals surface area (Å²) in [6.45, 7) is 0.173. The van der Waals surface area contributed by atoms with Gasteiger partial charge in [0.1, 0.15) is 0 Å². The minimum atomic E-state index is -2.24. The van der Waals surface area contributed by atoms with E-state index >= 15 is 0 Å². The van der Waals surface area contributed by atoms with Crippen molar-refractivity contribution in [3.05, 3.63) is 180 Å². The zero-order valence-corrected chi connectivity index (χ0v) is 34.8. The Bertz CT molecular complexity index is 1800. The average molecular weight is 749 g/mol. The molecule has 0 bridgehead atoms. The molecule has 5 nitrogen and oxygen atoms in total. The van der Waals surface area contributed by atoms with Crippen molar-refractivity contribution in [1.29, 1.82) is 0 Å². The van der Waals surface area contributed by atoms with E-state index in [1.807, 2.05) is 0 Å². The van der Waals surface area contributed by atoms with Crippen molar-refractivity contribution in [2.75, 3.05) is 63.0 Å². The molecule has 0 radical (unpaired) electrons. The van der Waals surface area contributed by atoms with Gasteiger partial charge in [-0.3, -0.25) is 0 Å². The number of quaternary nitrogens is 2. The van der Waals surface area contributed by atoms with Crippen LogP contribution < -0.4 is 10.0 Å². The lowest BCUT2D eigenvalue weighted by atomic mass is 9.62. The summed E-state index contributed by atoms with van der Waals surface area (Å²) in [6.07, 6.45) is 3.14. The highest BCUT2D eigenvalue weighted by molar-refractivity contribution is 6.28. The van der Waals surface area contributed by atoms with Crippen LogP contribution in [-0.4, -0.2) is 79.3 Å². The average Bonchev–Trinajstić information content (AvgIpc) is 3.18. The van der Waals surface area contributed by atoms with Crippen molar-refractivity contribution in [3.8, 4) is 33.4 Å². The summed E-state index contributed by atoms with van der Waals surface area (Å²) in [5.41, 5.74) is 10.2. The van der Waals surface area contributed by atoms with Crippen molar-refractivity contribution in [1.82, 2.24) is 0 Å². The summed E-state index contributed by atoms with van der Waals surface area (Å²) >= 11 is 0. The molecule has 0 atom stereocenters. The highest BCUT2D eigenvalue weighted by Gasteiger charge is 2.41. The highest BCUT2D eigenvalue weighted by Crippen LogP contribution is 2.52. The Morgan fingerprint density at radius 3 is 1.00 bits per heavy atom. The summed E-state index contributed by atoms with van der Waals surface area (Å²) in [7, 11) is 14.8. The lowest BCUT2D eigenvalue weighted by Gasteiger charge is -2.40. The van der Waals surface area contributed by atoms with Gasteiger partial charge in [-0.1, -0.05) is 177 Å². The summed E-state index contributed by atoms with van der Waals surface area (Å²) < 4.78 is 6.85. The van der Waals surface area contributed by atoms with Crippen LogP contribution in [0, 0.1) is 0 Å². The molecule has 0 saturated carbocycles. The van der Waals surface area contributed by atoms with E-state index in [0.717, 1.165) is 28.2 Å². The van der Waals surface area contributed by atoms with Gasteiger partial charge in [0.05, 0.1) is 63.7 Å². The molecule has 56 heavy (non-hydrogen) atoms. The van der Waals surface area contributed by atoms with E-state index in [0.29, 0.717) is 6.42 Å². The lowest BCUT2D eigenvalue weighted by Crippen LogP contribution is -2.47. The second-order valence-electron chi connectivity index (χ2n) is 17.0. The van der Waals surface area contributed by atoms with E-state index in [9.17, 15) is 10.0 Å². The Morgan fingerprint density at radius 1 is 0.411 bits per heavy atom. The standard InChI is InChI=1S/C42H37BO3.2C4H12N/c44-43(45)46-32-18-4-17-31-42(39-28-14-11-25-36(39)33-19-5-1-6-20-33,40-29-15-12-26-37(40)34-21-7-2-8-22-34)41-30-16-13-27-38(41)35-23-9-3-10-24-35;2*1-5(2,3)4/h1-3,5-16,19-30H,4,17-18,31-32H2;2*1-4H3/q-2;2*+1. The molecule has 0 saturated heterocycles. The number of hydrogen-bond acceptors (Lipinski definition) is 3. The van der Waals surface area contributed by atoms with Crippen LogP contribution in [0.5, 0.6) is 0 Å². The quantitative estimate of drug-likeness (QED) is 0.0513. The van der Waals surface area contributed by atoms with E-state index < -0.39 is 12.7 Å². The Morgan fingerprint density at radius 2 is 0.696 bits per heavy atom. The lowest BCUT2D eigenvalue weighted by molar-refractivity contribution is -0.849. The number of benzene rings is 6. The normalized spacial score (nSPS) is 11.5. The first-order valence-corrected chi connectivity index (χ1v) is 19.6. The van der Waals surface area contributed by atoms with Gasteiger partial charge in [-0.2, -0.15) is 0 Å². The zero-order valence-electron chi connectivity index (χ0n) is 34.8. The highest BCUT2D eigenvalue weighted by atomic mass is 16.6. The third-order valence-corrected chi connectivity index (χ3v) is 8.86. The molecule has 292 valence electrons. The Balaban J connectivity index is 0.000000620. The summed E-state index contributed by atoms with van der Waals surface area (Å²) in [5.74, 6) is 0. The molecule has 0 amide bonds. The minimum absolute atomic E-state index is 0.173. The molecule has 6 rings (SSSR count). The molecular weight excluding hydrogens is 687 g/mol. The van der Waals surface area contributed by atoms with Gasteiger partial charge in [-0.25, -0.2) is 0 Å². The van der Waals surface area contributed by atoms with Gasteiger partial charge in [0.2, 0.25) is 0 Å². The number of rotatable bonds is 13. The van der Waals surface area contributed by atoms with Crippen LogP contribution in [0.2, 0.25) is 0 Å². The SMILES string of the molecule is C[N+](C)(C)C.C[N+](C)(C)C.[O-]B([O-])OCCCCCC(c1ccccc1-c1ccccc1)(c1ccccc1-c1ccccc1)c1ccccc1-c1ccccc1. The number of nitrogens with zero attached hydrogens (tertiary/aromatic N) is 2. The molecule has 6 aromatic carbocycles. The van der Waals surface area contributed by atoms with Crippen LogP contribution in [0.4, 0.5) is 0 Å². The second kappa shape index (κ2) is 20.9. The predicted molar refractivity (Wildman–Crippen MR) is 234 cm³/mol. The second-order valence-corrected chi connectivity index (χ2v) is 17.0. The number of hydrogen-bond donors (Lipinski definition) is 0. The first kappa shape index (κ1) is 43.9. The topological polar surface area (TPSA) is 55.3 Å². The molecule has 0 aromatic heterocycles. The maximum Gasteiger partial charge on any atom is 0.0675 e. The first-order valence-electron chi connectivity index (χ1n) is 19.6. The summed E-state index contributed by atoms with van der Waals surface area (Å²) in [4.78, 5) is 0. The molecule has 0 unspecified atom stereocenters. The van der Waals surface area contributed by atoms with Gasteiger partial charge >= 0.3 is 0 Å². The largest absolute Gasteiger partial charge is 0.871 e. The van der Waals surface area contributed by atoms with Crippen molar-refractivity contribution in [3.63, 3.8) is 0 Å². The maximum atomic E-state index is 11.0. The van der Waals surface area contributed by atoms with Gasteiger partial charge in [0.15, 0.2) is 0 Å². The fraction of sp³-hybridized carbons (Fsp3) is 0.280. The fourth-order valence-electron chi connectivity index (χ4n) is 6.86. The first-order chi connectivity index (χ1) is 26.7. The summed E-state index contributed by atoms with van der Waals surface area (Å²) in [5, 5.41) is 22.0. The van der Waals surface area contributed by atoms with Gasteiger partial charge in [-0.05, 0) is 62.9 Å². The van der Waals surface area contributed by atoms with E-state index in [1.54, 1.807) is 0 Å². The van der Waals surface area contributed by atoms with Gasteiger partial charge in [-0.15, -0.1) is 0 Å². The fourth-order valence-corrected chi connectivity index (χ4v) is 6.86. The van der Waals surface area contributed by atoms with Crippen LogP contribution in [0.15, 0.2) is 164 Å².